The number of fused-ring (bicyclic) bond motifs is 3. The number of rotatable bonds is 3. The van der Waals surface area contributed by atoms with E-state index in [9.17, 15) is 0 Å². The molecule has 1 aliphatic carbocycles. The lowest BCUT2D eigenvalue weighted by Crippen LogP contribution is -2.17. The Kier molecular flexibility index (Phi) is 2.08. The third-order valence-corrected chi connectivity index (χ3v) is 5.09. The topological polar surface area (TPSA) is 43.3 Å². The molecule has 92 valence electrons. The summed E-state index contributed by atoms with van der Waals surface area (Å²) in [6.45, 7) is 0.818. The Hall–Kier alpha value is -1.39. The number of imidazole rings is 1. The Balaban J connectivity index is 1.79. The number of hydrogen-bond donors (Lipinski definition) is 1. The molecule has 0 aliphatic heterocycles. The molecule has 0 saturated heterocycles. The summed E-state index contributed by atoms with van der Waals surface area (Å²) in [7, 11) is 0. The SMILES string of the molecule is NCC1(Cc2ccc3c(c2)sc2nccn23)CC1. The Morgan fingerprint density at radius 2 is 2.28 bits per heavy atom. The van der Waals surface area contributed by atoms with Gasteiger partial charge in [0.05, 0.1) is 10.2 Å². The first kappa shape index (κ1) is 10.5. The van der Waals surface area contributed by atoms with E-state index < -0.39 is 0 Å². The average molecular weight is 257 g/mol. The molecule has 1 aliphatic rings. The summed E-state index contributed by atoms with van der Waals surface area (Å²) in [4.78, 5) is 5.42. The van der Waals surface area contributed by atoms with Crippen LogP contribution >= 0.6 is 11.3 Å². The average Bonchev–Trinajstić information content (AvgIpc) is 2.85. The molecule has 4 heteroatoms. The van der Waals surface area contributed by atoms with Gasteiger partial charge in [-0.05, 0) is 48.9 Å². The molecule has 3 aromatic rings. The first-order valence-electron chi connectivity index (χ1n) is 6.34. The maximum Gasteiger partial charge on any atom is 0.194 e. The highest BCUT2D eigenvalue weighted by Crippen LogP contribution is 2.47. The Labute approximate surface area is 109 Å². The van der Waals surface area contributed by atoms with Crippen LogP contribution in [0, 0.1) is 5.41 Å². The first-order valence-corrected chi connectivity index (χ1v) is 7.16. The first-order chi connectivity index (χ1) is 8.80. The van der Waals surface area contributed by atoms with Gasteiger partial charge in [0.1, 0.15) is 0 Å². The lowest BCUT2D eigenvalue weighted by molar-refractivity contribution is 0.521. The summed E-state index contributed by atoms with van der Waals surface area (Å²) in [6.07, 6.45) is 7.58. The predicted octanol–water partition coefficient (Wildman–Crippen LogP) is 2.83. The van der Waals surface area contributed by atoms with Gasteiger partial charge in [-0.15, -0.1) is 0 Å². The fourth-order valence-electron chi connectivity index (χ4n) is 2.66. The second-order valence-corrected chi connectivity index (χ2v) is 6.37. The van der Waals surface area contributed by atoms with Gasteiger partial charge in [-0.3, -0.25) is 4.40 Å². The molecule has 2 N–H and O–H groups in total. The van der Waals surface area contributed by atoms with Crippen LogP contribution in [0.3, 0.4) is 0 Å². The molecule has 1 aromatic carbocycles. The van der Waals surface area contributed by atoms with E-state index in [1.807, 2.05) is 12.4 Å². The molecule has 0 atom stereocenters. The molecule has 0 bridgehead atoms. The summed E-state index contributed by atoms with van der Waals surface area (Å²) in [5.74, 6) is 0. The van der Waals surface area contributed by atoms with Crippen LogP contribution in [-0.2, 0) is 6.42 Å². The highest BCUT2D eigenvalue weighted by atomic mass is 32.1. The van der Waals surface area contributed by atoms with Crippen molar-refractivity contribution in [2.75, 3.05) is 6.54 Å². The molecule has 1 fully saturated rings. The van der Waals surface area contributed by atoms with Gasteiger partial charge in [-0.1, -0.05) is 17.4 Å². The summed E-state index contributed by atoms with van der Waals surface area (Å²) in [6, 6.07) is 6.76. The van der Waals surface area contributed by atoms with Crippen LogP contribution in [0.2, 0.25) is 0 Å². The second-order valence-electron chi connectivity index (χ2n) is 5.36. The number of hydrogen-bond acceptors (Lipinski definition) is 3. The maximum absolute atomic E-state index is 5.86. The molecule has 0 radical (unpaired) electrons. The lowest BCUT2D eigenvalue weighted by Gasteiger charge is -2.11. The van der Waals surface area contributed by atoms with E-state index >= 15 is 0 Å². The minimum Gasteiger partial charge on any atom is -0.330 e. The van der Waals surface area contributed by atoms with Gasteiger partial charge in [0.2, 0.25) is 0 Å². The zero-order chi connectivity index (χ0) is 12.2. The van der Waals surface area contributed by atoms with Crippen molar-refractivity contribution in [2.24, 2.45) is 11.1 Å². The van der Waals surface area contributed by atoms with Crippen molar-refractivity contribution in [2.45, 2.75) is 19.3 Å². The fraction of sp³-hybridized carbons (Fsp3) is 0.357. The summed E-state index contributed by atoms with van der Waals surface area (Å²) < 4.78 is 3.47. The number of aromatic nitrogens is 2. The van der Waals surface area contributed by atoms with E-state index in [4.69, 9.17) is 5.73 Å². The molecule has 2 aromatic heterocycles. The van der Waals surface area contributed by atoms with Crippen LogP contribution in [0.4, 0.5) is 0 Å². The largest absolute Gasteiger partial charge is 0.330 e. The molecule has 3 nitrogen and oxygen atoms in total. The predicted molar refractivity (Wildman–Crippen MR) is 75.0 cm³/mol. The zero-order valence-electron chi connectivity index (χ0n) is 10.1. The third kappa shape index (κ3) is 1.49. The van der Waals surface area contributed by atoms with Crippen molar-refractivity contribution >= 4 is 26.5 Å². The molecule has 0 amide bonds. The minimum atomic E-state index is 0.408. The van der Waals surface area contributed by atoms with Gasteiger partial charge in [0, 0.05) is 12.4 Å². The molecule has 4 rings (SSSR count). The normalized spacial score (nSPS) is 17.6. The molecule has 0 spiro atoms. The minimum absolute atomic E-state index is 0.408. The van der Waals surface area contributed by atoms with Crippen LogP contribution in [0.1, 0.15) is 18.4 Å². The molecule has 0 unspecified atom stereocenters. The number of thiazole rings is 1. The molecule has 18 heavy (non-hydrogen) atoms. The van der Waals surface area contributed by atoms with Crippen molar-refractivity contribution in [3.8, 4) is 0 Å². The smallest absolute Gasteiger partial charge is 0.194 e. The number of benzene rings is 1. The van der Waals surface area contributed by atoms with Gasteiger partial charge in [0.15, 0.2) is 4.96 Å². The van der Waals surface area contributed by atoms with Crippen molar-refractivity contribution in [1.82, 2.24) is 9.38 Å². The van der Waals surface area contributed by atoms with Crippen LogP contribution in [0.5, 0.6) is 0 Å². The van der Waals surface area contributed by atoms with Crippen molar-refractivity contribution in [3.63, 3.8) is 0 Å². The summed E-state index contributed by atoms with van der Waals surface area (Å²) in [5.41, 5.74) is 8.94. The summed E-state index contributed by atoms with van der Waals surface area (Å²) in [5, 5.41) is 0. The highest BCUT2D eigenvalue weighted by molar-refractivity contribution is 7.23. The van der Waals surface area contributed by atoms with Gasteiger partial charge < -0.3 is 5.73 Å². The van der Waals surface area contributed by atoms with Crippen LogP contribution in [0.25, 0.3) is 15.2 Å². The summed E-state index contributed by atoms with van der Waals surface area (Å²) >= 11 is 1.76. The van der Waals surface area contributed by atoms with Crippen LogP contribution in [-0.4, -0.2) is 15.9 Å². The monoisotopic (exact) mass is 257 g/mol. The quantitative estimate of drug-likeness (QED) is 0.784. The Bertz CT molecular complexity index is 721. The van der Waals surface area contributed by atoms with E-state index in [1.54, 1.807) is 11.3 Å². The van der Waals surface area contributed by atoms with Crippen molar-refractivity contribution < 1.29 is 0 Å². The second kappa shape index (κ2) is 3.56. The van der Waals surface area contributed by atoms with Crippen LogP contribution in [0.15, 0.2) is 30.6 Å². The van der Waals surface area contributed by atoms with Gasteiger partial charge in [-0.25, -0.2) is 4.98 Å². The van der Waals surface area contributed by atoms with Gasteiger partial charge >= 0.3 is 0 Å². The third-order valence-electron chi connectivity index (χ3n) is 4.06. The van der Waals surface area contributed by atoms with E-state index in [1.165, 1.54) is 28.6 Å². The van der Waals surface area contributed by atoms with Gasteiger partial charge in [0.25, 0.3) is 0 Å². The van der Waals surface area contributed by atoms with Crippen LogP contribution < -0.4 is 5.73 Å². The highest BCUT2D eigenvalue weighted by Gasteiger charge is 2.40. The van der Waals surface area contributed by atoms with Crippen molar-refractivity contribution in [3.05, 3.63) is 36.2 Å². The fourth-order valence-corrected chi connectivity index (χ4v) is 3.71. The molecular weight excluding hydrogens is 242 g/mol. The number of nitrogens with zero attached hydrogens (tertiary/aromatic N) is 2. The maximum atomic E-state index is 5.86. The van der Waals surface area contributed by atoms with E-state index in [2.05, 4.69) is 27.6 Å². The van der Waals surface area contributed by atoms with Crippen molar-refractivity contribution in [1.29, 1.82) is 0 Å². The zero-order valence-corrected chi connectivity index (χ0v) is 10.9. The van der Waals surface area contributed by atoms with E-state index in [-0.39, 0.29) is 0 Å². The molecule has 1 saturated carbocycles. The number of nitrogens with two attached hydrogens (primary N) is 1. The standard InChI is InChI=1S/C14H15N3S/c15-9-14(3-4-14)8-10-1-2-11-12(7-10)18-13-16-5-6-17(11)13/h1-2,5-7H,3-4,8-9,15H2. The molecule has 2 heterocycles. The lowest BCUT2D eigenvalue weighted by atomic mass is 9.97. The van der Waals surface area contributed by atoms with Gasteiger partial charge in [-0.2, -0.15) is 0 Å². The van der Waals surface area contributed by atoms with E-state index in [0.717, 1.165) is 17.9 Å². The van der Waals surface area contributed by atoms with E-state index in [0.29, 0.717) is 5.41 Å². The Morgan fingerprint density at radius 3 is 3.06 bits per heavy atom. The Morgan fingerprint density at radius 1 is 1.39 bits per heavy atom. The molecular formula is C14H15N3S.